The number of hydrogen-bond acceptors (Lipinski definition) is 3. The maximum Gasteiger partial charge on any atom is 0.122 e. The minimum Gasteiger partial charge on any atom is -0.468 e. The van der Waals surface area contributed by atoms with E-state index < -0.39 is 0 Å². The van der Waals surface area contributed by atoms with E-state index in [0.717, 1.165) is 31.5 Å². The van der Waals surface area contributed by atoms with Gasteiger partial charge in [-0.2, -0.15) is 0 Å². The molecule has 1 aliphatic heterocycles. The van der Waals surface area contributed by atoms with E-state index in [1.165, 1.54) is 62.9 Å². The lowest BCUT2D eigenvalue weighted by molar-refractivity contribution is 0.0771. The molecular formula is C18H30N2O. The predicted molar refractivity (Wildman–Crippen MR) is 86.0 cm³/mol. The topological polar surface area (TPSA) is 28.4 Å². The zero-order chi connectivity index (χ0) is 14.5. The fraction of sp³-hybridized carbons (Fsp3) is 0.778. The van der Waals surface area contributed by atoms with Gasteiger partial charge in [0.05, 0.1) is 12.8 Å². The van der Waals surface area contributed by atoms with Gasteiger partial charge in [0.15, 0.2) is 0 Å². The van der Waals surface area contributed by atoms with Gasteiger partial charge in [0.25, 0.3) is 0 Å². The summed E-state index contributed by atoms with van der Waals surface area (Å²) in [5.74, 6) is 3.13. The van der Waals surface area contributed by atoms with Crippen LogP contribution < -0.4 is 5.32 Å². The van der Waals surface area contributed by atoms with Crippen LogP contribution in [0.15, 0.2) is 16.7 Å². The van der Waals surface area contributed by atoms with Crippen LogP contribution >= 0.6 is 0 Å². The van der Waals surface area contributed by atoms with Crippen molar-refractivity contribution >= 4 is 0 Å². The largest absolute Gasteiger partial charge is 0.468 e. The molecule has 1 N–H and O–H groups in total. The number of fused-ring (bicyclic) bond motifs is 1. The Morgan fingerprint density at radius 1 is 1.24 bits per heavy atom. The van der Waals surface area contributed by atoms with Crippen molar-refractivity contribution in [2.75, 3.05) is 19.6 Å². The lowest BCUT2D eigenvalue weighted by Crippen LogP contribution is -2.41. The first kappa shape index (κ1) is 15.1. The van der Waals surface area contributed by atoms with E-state index in [4.69, 9.17) is 4.42 Å². The molecule has 1 saturated carbocycles. The van der Waals surface area contributed by atoms with E-state index in [2.05, 4.69) is 23.2 Å². The molecule has 1 saturated heterocycles. The van der Waals surface area contributed by atoms with E-state index in [1.54, 1.807) is 0 Å². The van der Waals surface area contributed by atoms with Gasteiger partial charge in [-0.25, -0.2) is 0 Å². The lowest BCUT2D eigenvalue weighted by atomic mass is 9.75. The van der Waals surface area contributed by atoms with Gasteiger partial charge in [-0.1, -0.05) is 26.2 Å². The minimum absolute atomic E-state index is 0.944. The number of hydrogen-bond donors (Lipinski definition) is 1. The summed E-state index contributed by atoms with van der Waals surface area (Å²) >= 11 is 0. The summed E-state index contributed by atoms with van der Waals surface area (Å²) in [5.41, 5.74) is 1.34. The van der Waals surface area contributed by atoms with Gasteiger partial charge in [0.2, 0.25) is 0 Å². The molecule has 118 valence electrons. The molecule has 0 radical (unpaired) electrons. The van der Waals surface area contributed by atoms with Crippen LogP contribution in [-0.2, 0) is 13.1 Å². The van der Waals surface area contributed by atoms with Crippen LogP contribution in [0.3, 0.4) is 0 Å². The predicted octanol–water partition coefficient (Wildman–Crippen LogP) is 3.79. The second kappa shape index (κ2) is 7.46. The Balaban J connectivity index is 1.53. The van der Waals surface area contributed by atoms with Crippen molar-refractivity contribution in [3.05, 3.63) is 23.7 Å². The lowest BCUT2D eigenvalue weighted by Gasteiger charge is -2.41. The molecule has 1 aromatic rings. The van der Waals surface area contributed by atoms with E-state index >= 15 is 0 Å². The third-order valence-corrected chi connectivity index (χ3v) is 5.32. The molecule has 0 amide bonds. The van der Waals surface area contributed by atoms with E-state index in [1.807, 2.05) is 6.26 Å². The van der Waals surface area contributed by atoms with Crippen LogP contribution in [0, 0.1) is 11.8 Å². The van der Waals surface area contributed by atoms with E-state index in [-0.39, 0.29) is 0 Å². The molecule has 2 fully saturated rings. The average Bonchev–Trinajstić information content (AvgIpc) is 2.95. The Bertz CT molecular complexity index is 429. The van der Waals surface area contributed by atoms with Crippen LogP contribution in [0.5, 0.6) is 0 Å². The van der Waals surface area contributed by atoms with Crippen molar-refractivity contribution in [2.45, 2.75) is 58.5 Å². The second-order valence-corrected chi connectivity index (χ2v) is 6.87. The Kier molecular flexibility index (Phi) is 5.37. The van der Waals surface area contributed by atoms with Crippen molar-refractivity contribution in [2.24, 2.45) is 11.8 Å². The summed E-state index contributed by atoms with van der Waals surface area (Å²) in [7, 11) is 0. The fourth-order valence-corrected chi connectivity index (χ4v) is 4.09. The standard InChI is InChI=1S/C18H30N2O/c1-2-9-19-12-16-8-11-21-18(16)14-20-10-7-15-5-3-4-6-17(15)13-20/h8,11,15,17,19H,2-7,9-10,12-14H2,1H3. The number of likely N-dealkylation sites (tertiary alicyclic amines) is 1. The van der Waals surface area contributed by atoms with Gasteiger partial charge < -0.3 is 9.73 Å². The van der Waals surface area contributed by atoms with Crippen LogP contribution in [0.1, 0.15) is 56.8 Å². The first-order valence-corrected chi connectivity index (χ1v) is 8.85. The molecule has 2 unspecified atom stereocenters. The number of furan rings is 1. The van der Waals surface area contributed by atoms with Crippen LogP contribution in [-0.4, -0.2) is 24.5 Å². The first-order valence-electron chi connectivity index (χ1n) is 8.85. The highest BCUT2D eigenvalue weighted by Gasteiger charge is 2.31. The molecular weight excluding hydrogens is 260 g/mol. The van der Waals surface area contributed by atoms with Gasteiger partial charge in [-0.05, 0) is 50.3 Å². The van der Waals surface area contributed by atoms with Gasteiger partial charge in [0, 0.05) is 18.7 Å². The van der Waals surface area contributed by atoms with Gasteiger partial charge in [-0.3, -0.25) is 4.90 Å². The monoisotopic (exact) mass is 290 g/mol. The highest BCUT2D eigenvalue weighted by molar-refractivity contribution is 5.17. The zero-order valence-corrected chi connectivity index (χ0v) is 13.4. The average molecular weight is 290 g/mol. The molecule has 3 nitrogen and oxygen atoms in total. The Morgan fingerprint density at radius 3 is 2.95 bits per heavy atom. The summed E-state index contributed by atoms with van der Waals surface area (Å²) in [4.78, 5) is 2.62. The fourth-order valence-electron chi connectivity index (χ4n) is 4.09. The molecule has 3 heteroatoms. The van der Waals surface area contributed by atoms with Crippen molar-refractivity contribution in [1.82, 2.24) is 10.2 Å². The first-order chi connectivity index (χ1) is 10.4. The number of piperidine rings is 1. The third-order valence-electron chi connectivity index (χ3n) is 5.32. The Hall–Kier alpha value is -0.800. The van der Waals surface area contributed by atoms with Crippen molar-refractivity contribution in [3.63, 3.8) is 0 Å². The van der Waals surface area contributed by atoms with Crippen molar-refractivity contribution in [3.8, 4) is 0 Å². The molecule has 3 rings (SSSR count). The van der Waals surface area contributed by atoms with Crippen molar-refractivity contribution < 1.29 is 4.42 Å². The molecule has 0 aromatic carbocycles. The summed E-state index contributed by atoms with van der Waals surface area (Å²) in [6, 6.07) is 2.13. The van der Waals surface area contributed by atoms with Crippen LogP contribution in [0.4, 0.5) is 0 Å². The molecule has 1 aliphatic carbocycles. The Labute approximate surface area is 129 Å². The normalized spacial score (nSPS) is 26.7. The minimum atomic E-state index is 0.944. The highest BCUT2D eigenvalue weighted by atomic mass is 16.3. The second-order valence-electron chi connectivity index (χ2n) is 6.87. The molecule has 0 spiro atoms. The molecule has 0 bridgehead atoms. The highest BCUT2D eigenvalue weighted by Crippen LogP contribution is 2.36. The number of nitrogens with one attached hydrogen (secondary N) is 1. The number of rotatable bonds is 6. The Morgan fingerprint density at radius 2 is 2.10 bits per heavy atom. The number of nitrogens with zero attached hydrogens (tertiary/aromatic N) is 1. The maximum absolute atomic E-state index is 5.75. The summed E-state index contributed by atoms with van der Waals surface area (Å²) in [6.07, 6.45) is 10.3. The molecule has 2 atom stereocenters. The van der Waals surface area contributed by atoms with E-state index in [0.29, 0.717) is 0 Å². The van der Waals surface area contributed by atoms with Crippen molar-refractivity contribution in [1.29, 1.82) is 0 Å². The van der Waals surface area contributed by atoms with Crippen LogP contribution in [0.25, 0.3) is 0 Å². The molecule has 2 aliphatic rings. The van der Waals surface area contributed by atoms with Crippen LogP contribution in [0.2, 0.25) is 0 Å². The molecule has 21 heavy (non-hydrogen) atoms. The van der Waals surface area contributed by atoms with Gasteiger partial charge in [0.1, 0.15) is 5.76 Å². The summed E-state index contributed by atoms with van der Waals surface area (Å²) < 4.78 is 5.75. The molecule has 1 aromatic heterocycles. The zero-order valence-electron chi connectivity index (χ0n) is 13.4. The smallest absolute Gasteiger partial charge is 0.122 e. The maximum atomic E-state index is 5.75. The van der Waals surface area contributed by atoms with E-state index in [9.17, 15) is 0 Å². The third kappa shape index (κ3) is 3.89. The summed E-state index contributed by atoms with van der Waals surface area (Å²) in [6.45, 7) is 7.77. The quantitative estimate of drug-likeness (QED) is 0.808. The van der Waals surface area contributed by atoms with Gasteiger partial charge in [-0.15, -0.1) is 0 Å². The van der Waals surface area contributed by atoms with Gasteiger partial charge >= 0.3 is 0 Å². The summed E-state index contributed by atoms with van der Waals surface area (Å²) in [5, 5.41) is 3.48. The molecule has 2 heterocycles. The SMILES string of the molecule is CCCNCc1ccoc1CN1CCC2CCCCC2C1.